The summed E-state index contributed by atoms with van der Waals surface area (Å²) in [4.78, 5) is 49.1. The van der Waals surface area contributed by atoms with Crippen LogP contribution in [0.1, 0.15) is 30.6 Å². The van der Waals surface area contributed by atoms with E-state index in [-0.39, 0.29) is 23.0 Å². The molecule has 0 saturated carbocycles. The first-order valence-electron chi connectivity index (χ1n) is 9.93. The minimum Gasteiger partial charge on any atom is -0.607 e. The summed E-state index contributed by atoms with van der Waals surface area (Å²) in [7, 11) is 1.17. The zero-order valence-electron chi connectivity index (χ0n) is 17.6. The summed E-state index contributed by atoms with van der Waals surface area (Å²) in [5, 5.41) is 5.67. The molecule has 3 rings (SSSR count). The molecule has 2 aliphatic heterocycles. The van der Waals surface area contributed by atoms with Crippen molar-refractivity contribution < 1.29 is 37.9 Å². The normalized spacial score (nSPS) is 24.8. The molecule has 174 valence electrons. The highest BCUT2D eigenvalue weighted by molar-refractivity contribution is 6.66. The van der Waals surface area contributed by atoms with E-state index in [1.807, 2.05) is 13.8 Å². The van der Waals surface area contributed by atoms with Crippen molar-refractivity contribution in [3.8, 4) is 0 Å². The van der Waals surface area contributed by atoms with Crippen LogP contribution in [0.3, 0.4) is 0 Å². The molecule has 2 saturated heterocycles. The third-order valence-electron chi connectivity index (χ3n) is 5.12. The molecule has 4 atom stereocenters. The van der Waals surface area contributed by atoms with Crippen molar-refractivity contribution in [2.45, 2.75) is 38.4 Å². The number of halogens is 2. The maximum atomic E-state index is 12.6. The van der Waals surface area contributed by atoms with Gasteiger partial charge in [-0.05, 0) is 30.5 Å². The van der Waals surface area contributed by atoms with Crippen LogP contribution in [0.2, 0.25) is 10.0 Å². The molecule has 1 unspecified atom stereocenters. The van der Waals surface area contributed by atoms with Crippen LogP contribution in [0.15, 0.2) is 18.2 Å². The number of rotatable bonds is 8. The van der Waals surface area contributed by atoms with Crippen LogP contribution in [0.5, 0.6) is 0 Å². The number of nitrogens with one attached hydrogen (secondary N) is 2. The Morgan fingerprint density at radius 2 is 2.00 bits per heavy atom. The average molecular weight is 489 g/mol. The molecule has 10 nitrogen and oxygen atoms in total. The summed E-state index contributed by atoms with van der Waals surface area (Å²) in [5.41, 5.74) is 0.121. The van der Waals surface area contributed by atoms with Crippen LogP contribution in [0, 0.1) is 5.92 Å². The monoisotopic (exact) mass is 488 g/mol. The first kappa shape index (κ1) is 24.3. The van der Waals surface area contributed by atoms with E-state index in [1.165, 1.54) is 25.3 Å². The number of aliphatic hydroxyl groups is 1. The van der Waals surface area contributed by atoms with Gasteiger partial charge in [0, 0.05) is 5.02 Å². The molecule has 13 heteroatoms. The van der Waals surface area contributed by atoms with Crippen molar-refractivity contribution in [1.82, 2.24) is 10.6 Å². The lowest BCUT2D eigenvalue weighted by Crippen LogP contribution is -2.63. The second-order valence-corrected chi connectivity index (χ2v) is 8.79. The first-order valence-corrected chi connectivity index (χ1v) is 10.7. The highest BCUT2D eigenvalue weighted by atomic mass is 35.5. The van der Waals surface area contributed by atoms with Crippen LogP contribution in [0.4, 0.5) is 0 Å². The van der Waals surface area contributed by atoms with E-state index in [4.69, 9.17) is 32.5 Å². The van der Waals surface area contributed by atoms with E-state index in [2.05, 4.69) is 20.0 Å². The van der Waals surface area contributed by atoms with Gasteiger partial charge in [-0.2, -0.15) is 0 Å². The van der Waals surface area contributed by atoms with Gasteiger partial charge in [-0.25, -0.2) is 9.59 Å². The van der Waals surface area contributed by atoms with E-state index < -0.39 is 48.7 Å². The van der Waals surface area contributed by atoms with Crippen LogP contribution >= 0.6 is 23.2 Å². The van der Waals surface area contributed by atoms with Crippen molar-refractivity contribution in [3.05, 3.63) is 33.8 Å². The molecule has 0 aromatic heterocycles. The Balaban J connectivity index is 1.69. The fourth-order valence-corrected chi connectivity index (χ4v) is 4.09. The number of esters is 1. The van der Waals surface area contributed by atoms with E-state index in [1.54, 1.807) is 0 Å². The van der Waals surface area contributed by atoms with E-state index in [0.717, 1.165) is 0 Å². The summed E-state index contributed by atoms with van der Waals surface area (Å²) in [6.45, 7) is 0.756. The topological polar surface area (TPSA) is 133 Å². The Bertz CT molecular complexity index is 946. The van der Waals surface area contributed by atoms with Crippen LogP contribution in [0.25, 0.3) is 0 Å². The Morgan fingerprint density at radius 3 is 2.66 bits per heavy atom. The molecule has 0 radical (unpaired) electrons. The fraction of sp³-hybridized carbons (Fsp3) is 0.474. The minimum absolute atomic E-state index is 0.0603. The Kier molecular flexibility index (Phi) is 7.34. The molecular weight excluding hydrogens is 466 g/mol. The van der Waals surface area contributed by atoms with Crippen molar-refractivity contribution in [1.29, 1.82) is 0 Å². The summed E-state index contributed by atoms with van der Waals surface area (Å²) in [5.74, 6) is -3.39. The smallest absolute Gasteiger partial charge is 0.607 e. The fourth-order valence-electron chi connectivity index (χ4n) is 3.71. The van der Waals surface area contributed by atoms with Crippen molar-refractivity contribution >= 4 is 53.7 Å². The van der Waals surface area contributed by atoms with Gasteiger partial charge in [0.25, 0.3) is 5.91 Å². The molecule has 1 aromatic carbocycles. The lowest BCUT2D eigenvalue weighted by atomic mass is 9.65. The highest BCUT2D eigenvalue weighted by Gasteiger charge is 2.70. The molecule has 32 heavy (non-hydrogen) atoms. The molecule has 0 spiro atoms. The van der Waals surface area contributed by atoms with Crippen LogP contribution in [-0.2, 0) is 28.4 Å². The van der Waals surface area contributed by atoms with Crippen LogP contribution < -0.4 is 10.6 Å². The maximum absolute atomic E-state index is 12.6. The predicted octanol–water partition coefficient (Wildman–Crippen LogP) is 0.757. The number of fused-ring (bicyclic) bond motifs is 2. The van der Waals surface area contributed by atoms with Crippen molar-refractivity contribution in [3.63, 3.8) is 0 Å². The van der Waals surface area contributed by atoms with Gasteiger partial charge in [0.2, 0.25) is 18.1 Å². The van der Waals surface area contributed by atoms with E-state index in [0.29, 0.717) is 11.4 Å². The number of benzene rings is 1. The van der Waals surface area contributed by atoms with E-state index in [9.17, 15) is 19.2 Å². The van der Waals surface area contributed by atoms with Gasteiger partial charge in [-0.15, -0.1) is 0 Å². The molecule has 3 N–H and O–H groups in total. The van der Waals surface area contributed by atoms with Gasteiger partial charge in [0.05, 0.1) is 30.2 Å². The third kappa shape index (κ3) is 5.01. The number of amides is 2. The number of carbonyl (C=O) groups excluding carboxylic acids is 4. The summed E-state index contributed by atoms with van der Waals surface area (Å²) < 4.78 is 20.0. The van der Waals surface area contributed by atoms with Gasteiger partial charge in [0.15, 0.2) is 0 Å². The van der Waals surface area contributed by atoms with Gasteiger partial charge >= 0.3 is 18.7 Å². The summed E-state index contributed by atoms with van der Waals surface area (Å²) >= 11 is 11.9. The Morgan fingerprint density at radius 1 is 1.28 bits per heavy atom. The number of ether oxygens (including phenoxy) is 1. The van der Waals surface area contributed by atoms with Crippen molar-refractivity contribution in [2.75, 3.05) is 13.7 Å². The predicted molar refractivity (Wildman–Crippen MR) is 115 cm³/mol. The molecule has 2 bridgehead atoms. The van der Waals surface area contributed by atoms with Gasteiger partial charge in [-0.1, -0.05) is 37.0 Å². The second-order valence-electron chi connectivity index (χ2n) is 7.95. The molecule has 2 fully saturated rings. The number of carbonyl (C=O) groups is 4. The summed E-state index contributed by atoms with van der Waals surface area (Å²) in [6, 6.07) is 4.39. The van der Waals surface area contributed by atoms with Gasteiger partial charge in [-0.3, -0.25) is 9.59 Å². The van der Waals surface area contributed by atoms with Gasteiger partial charge < -0.3 is 29.3 Å². The van der Waals surface area contributed by atoms with E-state index >= 15 is 0 Å². The molecule has 2 heterocycles. The largest absolute Gasteiger partial charge is 0.648 e. The first-order chi connectivity index (χ1) is 15.1. The Labute approximate surface area is 194 Å². The lowest BCUT2D eigenvalue weighted by molar-refractivity contribution is -0.161. The molecular formula is C19H23BCl2N2O8. The molecule has 0 aliphatic carbocycles. The quantitative estimate of drug-likeness (QED) is 0.313. The number of hydrogen-bond donors (Lipinski definition) is 2. The highest BCUT2D eigenvalue weighted by Crippen LogP contribution is 2.36. The van der Waals surface area contributed by atoms with Gasteiger partial charge in [0.1, 0.15) is 0 Å². The third-order valence-corrected chi connectivity index (χ3v) is 5.68. The molecule has 2 amide bonds. The number of methoxy groups -OCH3 is 1. The van der Waals surface area contributed by atoms with Crippen LogP contribution in [-0.4, -0.2) is 67.0 Å². The zero-order valence-corrected chi connectivity index (χ0v) is 19.1. The van der Waals surface area contributed by atoms with Crippen molar-refractivity contribution in [2.24, 2.45) is 5.92 Å². The lowest BCUT2D eigenvalue weighted by Gasteiger charge is -2.34. The minimum atomic E-state index is -2.65. The zero-order chi connectivity index (χ0) is 23.6. The SMILES string of the molecule is COC(=O)[C@@H]1O[B-]2([C@H](CC(C)C)NC(=O)CNC(=O)c3cc(Cl)ccc3Cl)OC(=O)[C@H]1[OH+]2. The Hall–Kier alpha value is -2.34. The standard InChI is InChI=1S/C19H23BCl2N2O8/c1-9(2)6-13(20-30-15(18(27)29-3)16(31-20)19(28)32-20)24-14(25)8-23-17(26)11-7-10(21)4-5-12(11)22/h4-5,7,9,13,15-16,31H,6,8H2,1-3H3,(H,23,26)(H,24,25)/t13-,15+,16-,20?/m0/s1. The maximum Gasteiger partial charge on any atom is 0.648 e. The average Bonchev–Trinajstić information content (AvgIpc) is 3.28. The molecule has 1 aromatic rings. The number of hydrogen-bond acceptors (Lipinski definition) is 7. The molecule has 2 aliphatic rings. The second kappa shape index (κ2) is 9.66. The summed E-state index contributed by atoms with van der Waals surface area (Å²) in [6.07, 6.45) is -2.02.